The van der Waals surface area contributed by atoms with Crippen LogP contribution in [0.1, 0.15) is 48.8 Å². The number of rotatable bonds is 10. The number of hydrogen-bond acceptors (Lipinski definition) is 5. The highest BCUT2D eigenvalue weighted by atomic mass is 19.4. The van der Waals surface area contributed by atoms with Crippen molar-refractivity contribution in [2.75, 3.05) is 24.8 Å². The molecule has 1 fully saturated rings. The monoisotopic (exact) mass is 681 g/mol. The van der Waals surface area contributed by atoms with Crippen LogP contribution in [-0.2, 0) is 16.4 Å². The van der Waals surface area contributed by atoms with Crippen LogP contribution < -0.4 is 15.9 Å². The highest BCUT2D eigenvalue weighted by Crippen LogP contribution is 2.52. The lowest BCUT2D eigenvalue weighted by molar-refractivity contribution is -0.172. The molecule has 1 aliphatic heterocycles. The molecule has 0 atom stereocenters. The smallest absolute Gasteiger partial charge is 0.484 e. The second-order valence-corrected chi connectivity index (χ2v) is 12.5. The lowest BCUT2D eigenvalue weighted by atomic mass is 9.73. The standard InChI is InChI=1S/C37H35F6N4O2/c38-36(39,40)26-17-15-25(16-18-26)28-9-3-6-14-33(28)47(49)45-27-19-23-46(24-20-27)22-8-7-21-35(34(48)44-37(41,42)43)31-12-4-1-10-29(31)30-11-2-5-13-32(30)35/h1-6,9-18,27,45H,7-8,19-24H2,(H,44,48)/q-1. The van der Waals surface area contributed by atoms with Crippen LogP contribution in [0.15, 0.2) is 97.1 Å². The third-order valence-corrected chi connectivity index (χ3v) is 9.52. The molecule has 1 heterocycles. The molecule has 0 radical (unpaired) electrons. The molecule has 0 bridgehead atoms. The maximum Gasteiger partial charge on any atom is 0.484 e. The summed E-state index contributed by atoms with van der Waals surface area (Å²) in [5.41, 5.74) is 4.73. The van der Waals surface area contributed by atoms with Crippen molar-refractivity contribution >= 4 is 11.6 Å². The van der Waals surface area contributed by atoms with Gasteiger partial charge in [0.15, 0.2) is 0 Å². The number of likely N-dealkylation sites (tertiary alicyclic amines) is 1. The minimum absolute atomic E-state index is 0.129. The summed E-state index contributed by atoms with van der Waals surface area (Å²) in [5.74, 6) is -1.08. The molecule has 0 saturated carbocycles. The van der Waals surface area contributed by atoms with Crippen molar-refractivity contribution in [3.05, 3.63) is 119 Å². The zero-order valence-electron chi connectivity index (χ0n) is 26.5. The van der Waals surface area contributed by atoms with Gasteiger partial charge in [-0.25, -0.2) is 5.43 Å². The second-order valence-electron chi connectivity index (χ2n) is 12.5. The minimum Gasteiger partial charge on any atom is -0.743 e. The number of carbonyl (C=O) groups excluding carboxylic acids is 1. The fourth-order valence-corrected chi connectivity index (χ4v) is 7.17. The van der Waals surface area contributed by atoms with Gasteiger partial charge < -0.3 is 15.3 Å². The number of carbonyl (C=O) groups is 1. The van der Waals surface area contributed by atoms with Crippen LogP contribution in [0.25, 0.3) is 22.3 Å². The summed E-state index contributed by atoms with van der Waals surface area (Å²) in [7, 11) is 0. The van der Waals surface area contributed by atoms with Crippen LogP contribution in [0.5, 0.6) is 0 Å². The van der Waals surface area contributed by atoms with Gasteiger partial charge in [-0.1, -0.05) is 85.3 Å². The largest absolute Gasteiger partial charge is 0.743 e. The normalized spacial score (nSPS) is 16.2. The molecule has 6 nitrogen and oxygen atoms in total. The summed E-state index contributed by atoms with van der Waals surface area (Å²) in [6.45, 7) is 2.07. The molecule has 2 aliphatic rings. The molecule has 4 aromatic carbocycles. The molecule has 49 heavy (non-hydrogen) atoms. The second kappa shape index (κ2) is 13.9. The summed E-state index contributed by atoms with van der Waals surface area (Å²) in [5, 5.41) is 15.2. The van der Waals surface area contributed by atoms with Gasteiger partial charge >= 0.3 is 12.5 Å². The lowest BCUT2D eigenvalue weighted by Gasteiger charge is -2.40. The number of alkyl halides is 6. The Morgan fingerprint density at radius 2 is 1.33 bits per heavy atom. The molecule has 6 rings (SSSR count). The average molecular weight is 682 g/mol. The summed E-state index contributed by atoms with van der Waals surface area (Å²) >= 11 is 0. The van der Waals surface area contributed by atoms with Crippen molar-refractivity contribution in [2.45, 2.75) is 56.0 Å². The van der Waals surface area contributed by atoms with Gasteiger partial charge in [-0.3, -0.25) is 10.1 Å². The third kappa shape index (κ3) is 7.31. The van der Waals surface area contributed by atoms with Gasteiger partial charge in [0, 0.05) is 17.3 Å². The minimum atomic E-state index is -4.86. The number of nitrogens with one attached hydrogen (secondary N) is 2. The van der Waals surface area contributed by atoms with E-state index in [1.165, 1.54) is 17.4 Å². The van der Waals surface area contributed by atoms with Gasteiger partial charge in [-0.15, -0.1) is 0 Å². The van der Waals surface area contributed by atoms with E-state index >= 15 is 0 Å². The first-order chi connectivity index (χ1) is 23.4. The zero-order chi connectivity index (χ0) is 34.8. The predicted molar refractivity (Wildman–Crippen MR) is 176 cm³/mol. The Kier molecular flexibility index (Phi) is 9.74. The molecule has 0 spiro atoms. The molecule has 12 heteroatoms. The van der Waals surface area contributed by atoms with Crippen molar-refractivity contribution in [3.63, 3.8) is 0 Å². The van der Waals surface area contributed by atoms with E-state index in [9.17, 15) is 36.3 Å². The van der Waals surface area contributed by atoms with Crippen LogP contribution in [-0.4, -0.2) is 42.8 Å². The molecule has 1 aliphatic carbocycles. The predicted octanol–water partition coefficient (Wildman–Crippen LogP) is 8.42. The summed E-state index contributed by atoms with van der Waals surface area (Å²) in [6, 6.07) is 25.6. The first kappa shape index (κ1) is 34.5. The number of halogens is 6. The number of anilines is 1. The summed E-state index contributed by atoms with van der Waals surface area (Å²) in [6.07, 6.45) is -6.59. The quantitative estimate of drug-likeness (QED) is 0.0762. The van der Waals surface area contributed by atoms with Gasteiger partial charge in [0.25, 0.3) is 0 Å². The van der Waals surface area contributed by atoms with Gasteiger partial charge in [-0.05, 0) is 91.3 Å². The van der Waals surface area contributed by atoms with E-state index in [0.717, 1.165) is 23.3 Å². The Morgan fingerprint density at radius 3 is 1.90 bits per heavy atom. The number of amides is 1. The Labute approximate surface area is 280 Å². The number of hydrazine groups is 1. The lowest BCUT2D eigenvalue weighted by Crippen LogP contribution is -2.49. The number of unbranched alkanes of at least 4 members (excludes halogenated alkanes) is 1. The maximum atomic E-state index is 13.5. The summed E-state index contributed by atoms with van der Waals surface area (Å²) < 4.78 is 79.5. The molecular weight excluding hydrogens is 646 g/mol. The van der Waals surface area contributed by atoms with Crippen LogP contribution >= 0.6 is 0 Å². The molecule has 0 aromatic heterocycles. The molecule has 4 aromatic rings. The van der Waals surface area contributed by atoms with Crippen molar-refractivity contribution in [1.29, 1.82) is 0 Å². The van der Waals surface area contributed by atoms with Crippen LogP contribution in [0, 0.1) is 5.21 Å². The summed E-state index contributed by atoms with van der Waals surface area (Å²) in [4.78, 5) is 15.7. The highest BCUT2D eigenvalue weighted by molar-refractivity contribution is 6.00. The Hall–Kier alpha value is -4.39. The number of nitrogens with zero attached hydrogens (tertiary/aromatic N) is 2. The van der Waals surface area contributed by atoms with Crippen molar-refractivity contribution < 1.29 is 31.1 Å². The van der Waals surface area contributed by atoms with Gasteiger partial charge in [0.2, 0.25) is 5.91 Å². The van der Waals surface area contributed by atoms with Crippen molar-refractivity contribution in [2.24, 2.45) is 0 Å². The van der Waals surface area contributed by atoms with E-state index < -0.39 is 29.4 Å². The number of para-hydroxylation sites is 1. The first-order valence-electron chi connectivity index (χ1n) is 16.2. The number of piperidine rings is 1. The van der Waals surface area contributed by atoms with Crippen LogP contribution in [0.4, 0.5) is 32.0 Å². The Morgan fingerprint density at radius 1 is 0.776 bits per heavy atom. The van der Waals surface area contributed by atoms with Crippen LogP contribution in [0.2, 0.25) is 0 Å². The van der Waals surface area contributed by atoms with E-state index in [1.54, 1.807) is 48.5 Å². The van der Waals surface area contributed by atoms with E-state index in [1.807, 2.05) is 24.3 Å². The molecule has 0 unspecified atom stereocenters. The van der Waals surface area contributed by atoms with E-state index in [4.69, 9.17) is 0 Å². The molecule has 2 N–H and O–H groups in total. The number of benzene rings is 4. The first-order valence-corrected chi connectivity index (χ1v) is 16.2. The average Bonchev–Trinajstić information content (AvgIpc) is 3.37. The fourth-order valence-electron chi connectivity index (χ4n) is 7.17. The van der Waals surface area contributed by atoms with Crippen LogP contribution in [0.3, 0.4) is 0 Å². The maximum absolute atomic E-state index is 13.5. The molecule has 1 amide bonds. The molecular formula is C37H35F6N4O2-. The topological polar surface area (TPSA) is 70.7 Å². The highest BCUT2D eigenvalue weighted by Gasteiger charge is 2.51. The molecule has 258 valence electrons. The van der Waals surface area contributed by atoms with Gasteiger partial charge in [0.05, 0.1) is 5.56 Å². The molecule has 1 saturated heterocycles. The van der Waals surface area contributed by atoms with E-state index in [2.05, 4.69) is 10.3 Å². The van der Waals surface area contributed by atoms with Crippen molar-refractivity contribution in [3.8, 4) is 22.3 Å². The third-order valence-electron chi connectivity index (χ3n) is 9.52. The van der Waals surface area contributed by atoms with Gasteiger partial charge in [0.1, 0.15) is 5.41 Å². The number of fused-ring (bicyclic) bond motifs is 3. The van der Waals surface area contributed by atoms with Gasteiger partial charge in [-0.2, -0.15) is 26.3 Å². The Balaban J connectivity index is 1.05. The van der Waals surface area contributed by atoms with E-state index in [0.29, 0.717) is 78.4 Å². The SMILES string of the molecule is O=C(NC(F)(F)F)C1(CCCCN2CCC(NN([O-])c3ccccc3-c3ccc(C(F)(F)F)cc3)CC2)c2ccccc2-c2ccccc21. The van der Waals surface area contributed by atoms with E-state index in [-0.39, 0.29) is 12.5 Å². The Bertz CT molecular complexity index is 1720. The van der Waals surface area contributed by atoms with Crippen molar-refractivity contribution in [1.82, 2.24) is 15.6 Å². The number of hydrogen-bond donors (Lipinski definition) is 2. The zero-order valence-corrected chi connectivity index (χ0v) is 26.5. The fraction of sp³-hybridized carbons (Fsp3) is 0.324.